The number of nitrogens with zero attached hydrogens (tertiary/aromatic N) is 7. The number of carbonyl (C=O) groups excluding carboxylic acids is 1. The van der Waals surface area contributed by atoms with E-state index in [0.29, 0.717) is 18.4 Å². The third-order valence-electron chi connectivity index (χ3n) is 6.30. The molecule has 4 heterocycles. The Morgan fingerprint density at radius 3 is 2.87 bits per heavy atom. The van der Waals surface area contributed by atoms with Gasteiger partial charge in [0, 0.05) is 50.8 Å². The van der Waals surface area contributed by atoms with Crippen LogP contribution in [0.1, 0.15) is 18.5 Å². The first-order valence-corrected chi connectivity index (χ1v) is 10.3. The maximum absolute atomic E-state index is 12.7. The molecule has 1 aliphatic carbocycles. The van der Waals surface area contributed by atoms with Crippen LogP contribution in [0.15, 0.2) is 43.1 Å². The first-order chi connectivity index (χ1) is 14.7. The van der Waals surface area contributed by atoms with E-state index in [4.69, 9.17) is 0 Å². The minimum Gasteiger partial charge on any atom is -0.355 e. The average molecular weight is 404 g/mol. The van der Waals surface area contributed by atoms with Crippen LogP contribution in [0.4, 0.5) is 5.82 Å². The molecule has 0 spiro atoms. The number of carbonyl (C=O) groups is 1. The largest absolute Gasteiger partial charge is 0.355 e. The van der Waals surface area contributed by atoms with Crippen LogP contribution in [0.25, 0.3) is 11.5 Å². The molecule has 2 aliphatic rings. The molecule has 5 rings (SSSR count). The number of piperidine rings is 1. The van der Waals surface area contributed by atoms with Gasteiger partial charge in [0.15, 0.2) is 11.6 Å². The molecule has 2 fully saturated rings. The van der Waals surface area contributed by atoms with Gasteiger partial charge < -0.3 is 14.8 Å². The molecule has 1 saturated carbocycles. The van der Waals surface area contributed by atoms with Crippen LogP contribution in [-0.2, 0) is 18.4 Å². The van der Waals surface area contributed by atoms with Crippen molar-refractivity contribution in [1.82, 2.24) is 35.0 Å². The van der Waals surface area contributed by atoms with Gasteiger partial charge in [-0.1, -0.05) is 0 Å². The van der Waals surface area contributed by atoms with E-state index in [-0.39, 0.29) is 11.8 Å². The maximum Gasteiger partial charge on any atom is 0.223 e. The van der Waals surface area contributed by atoms with Crippen LogP contribution in [0.3, 0.4) is 0 Å². The highest BCUT2D eigenvalue weighted by Crippen LogP contribution is 2.46. The van der Waals surface area contributed by atoms with E-state index in [1.807, 2.05) is 29.9 Å². The highest BCUT2D eigenvalue weighted by Gasteiger charge is 2.47. The number of aromatic nitrogens is 6. The molecule has 3 aromatic heterocycles. The molecule has 0 radical (unpaired) electrons. The van der Waals surface area contributed by atoms with E-state index in [1.165, 1.54) is 0 Å². The van der Waals surface area contributed by atoms with Crippen LogP contribution < -0.4 is 10.2 Å². The topological polar surface area (TPSA) is 102 Å². The second kappa shape index (κ2) is 7.81. The number of anilines is 1. The van der Waals surface area contributed by atoms with Gasteiger partial charge in [-0.2, -0.15) is 0 Å². The number of fused-ring (bicyclic) bond motifs is 1. The lowest BCUT2D eigenvalue weighted by atomic mass is 9.61. The fraction of sp³-hybridized carbons (Fsp3) is 0.429. The third kappa shape index (κ3) is 3.51. The average Bonchev–Trinajstić information content (AvgIpc) is 3.20. The van der Waals surface area contributed by atoms with E-state index >= 15 is 0 Å². The van der Waals surface area contributed by atoms with Gasteiger partial charge in [-0.3, -0.25) is 14.8 Å². The number of imidazole rings is 1. The Kier molecular flexibility index (Phi) is 4.86. The molecule has 1 saturated heterocycles. The summed E-state index contributed by atoms with van der Waals surface area (Å²) in [6, 6.07) is 3.96. The SMILES string of the molecule is Cn1ccnc1-c1ccc(N2CC[C@@H]3C[C@@H](C(=O)NCc4cnccn4)[C@@H]3C2)nn1. The number of hydrogen-bond donors (Lipinski definition) is 1. The first-order valence-electron chi connectivity index (χ1n) is 10.3. The van der Waals surface area contributed by atoms with Crippen molar-refractivity contribution in [3.8, 4) is 11.5 Å². The summed E-state index contributed by atoms with van der Waals surface area (Å²) < 4.78 is 1.92. The zero-order valence-electron chi connectivity index (χ0n) is 16.8. The predicted molar refractivity (Wildman–Crippen MR) is 110 cm³/mol. The summed E-state index contributed by atoms with van der Waals surface area (Å²) in [4.78, 5) is 27.5. The van der Waals surface area contributed by atoms with E-state index < -0.39 is 0 Å². The number of aryl methyl sites for hydroxylation is 1. The van der Waals surface area contributed by atoms with Crippen molar-refractivity contribution in [2.24, 2.45) is 24.8 Å². The third-order valence-corrected chi connectivity index (χ3v) is 6.30. The molecule has 0 unspecified atom stereocenters. The maximum atomic E-state index is 12.7. The molecule has 3 atom stereocenters. The standard InChI is InChI=1S/C21H24N8O/c1-28-9-7-24-20(28)18-2-3-19(27-26-18)29-8-4-14-10-16(17(14)13-29)21(30)25-12-15-11-22-5-6-23-15/h2-3,5-7,9,11,14,16-17H,4,8,10,12-13H2,1H3,(H,25,30)/t14-,16-,17-/m1/s1. The van der Waals surface area contributed by atoms with E-state index in [2.05, 4.69) is 35.4 Å². The van der Waals surface area contributed by atoms with E-state index in [9.17, 15) is 4.79 Å². The van der Waals surface area contributed by atoms with Crippen molar-refractivity contribution in [1.29, 1.82) is 0 Å². The minimum absolute atomic E-state index is 0.0503. The van der Waals surface area contributed by atoms with Gasteiger partial charge in [-0.05, 0) is 36.8 Å². The molecule has 30 heavy (non-hydrogen) atoms. The summed E-state index contributed by atoms with van der Waals surface area (Å²) in [6.07, 6.45) is 10.6. The van der Waals surface area contributed by atoms with Gasteiger partial charge >= 0.3 is 0 Å². The predicted octanol–water partition coefficient (Wildman–Crippen LogP) is 1.45. The molecule has 1 aliphatic heterocycles. The summed E-state index contributed by atoms with van der Waals surface area (Å²) in [5.41, 5.74) is 1.53. The molecule has 1 N–H and O–H groups in total. The minimum atomic E-state index is 0.0503. The Labute approximate surface area is 174 Å². The van der Waals surface area contributed by atoms with Crippen LogP contribution in [0.2, 0.25) is 0 Å². The molecular weight excluding hydrogens is 380 g/mol. The van der Waals surface area contributed by atoms with Crippen molar-refractivity contribution in [2.45, 2.75) is 19.4 Å². The second-order valence-electron chi connectivity index (χ2n) is 8.05. The molecule has 3 aromatic rings. The van der Waals surface area contributed by atoms with Crippen molar-refractivity contribution < 1.29 is 4.79 Å². The second-order valence-corrected chi connectivity index (χ2v) is 8.05. The van der Waals surface area contributed by atoms with E-state index in [0.717, 1.165) is 49.0 Å². The summed E-state index contributed by atoms with van der Waals surface area (Å²) >= 11 is 0. The van der Waals surface area contributed by atoms with Gasteiger partial charge in [0.05, 0.1) is 18.4 Å². The molecule has 1 amide bonds. The lowest BCUT2D eigenvalue weighted by molar-refractivity contribution is -0.134. The highest BCUT2D eigenvalue weighted by molar-refractivity contribution is 5.80. The van der Waals surface area contributed by atoms with Crippen molar-refractivity contribution in [2.75, 3.05) is 18.0 Å². The Morgan fingerprint density at radius 2 is 2.13 bits per heavy atom. The Bertz CT molecular complexity index is 1020. The zero-order valence-corrected chi connectivity index (χ0v) is 16.8. The Balaban J connectivity index is 1.21. The van der Waals surface area contributed by atoms with Crippen LogP contribution in [-0.4, -0.2) is 48.7 Å². The first kappa shape index (κ1) is 18.7. The van der Waals surface area contributed by atoms with Gasteiger partial charge in [0.25, 0.3) is 0 Å². The quantitative estimate of drug-likeness (QED) is 0.687. The lowest BCUT2D eigenvalue weighted by Crippen LogP contribution is -2.55. The van der Waals surface area contributed by atoms with E-state index in [1.54, 1.807) is 24.8 Å². The lowest BCUT2D eigenvalue weighted by Gasteiger charge is -2.50. The van der Waals surface area contributed by atoms with Crippen molar-refractivity contribution in [3.05, 3.63) is 48.8 Å². The highest BCUT2D eigenvalue weighted by atomic mass is 16.1. The molecule has 0 bridgehead atoms. The normalized spacial score (nSPS) is 22.8. The Hall–Kier alpha value is -3.36. The van der Waals surface area contributed by atoms with Crippen LogP contribution in [0.5, 0.6) is 0 Å². The number of amides is 1. The summed E-state index contributed by atoms with van der Waals surface area (Å²) in [5.74, 6) is 2.79. The summed E-state index contributed by atoms with van der Waals surface area (Å²) in [6.45, 7) is 2.21. The molecular formula is C21H24N8O. The number of hydrogen-bond acceptors (Lipinski definition) is 7. The molecule has 9 heteroatoms. The van der Waals surface area contributed by atoms with Gasteiger partial charge in [0.1, 0.15) is 5.69 Å². The monoisotopic (exact) mass is 404 g/mol. The number of rotatable bonds is 5. The van der Waals surface area contributed by atoms with Gasteiger partial charge in [-0.25, -0.2) is 4.98 Å². The fourth-order valence-corrected chi connectivity index (χ4v) is 4.55. The van der Waals surface area contributed by atoms with Crippen LogP contribution >= 0.6 is 0 Å². The van der Waals surface area contributed by atoms with Gasteiger partial charge in [0.2, 0.25) is 5.91 Å². The van der Waals surface area contributed by atoms with Crippen molar-refractivity contribution >= 4 is 11.7 Å². The molecule has 0 aromatic carbocycles. The summed E-state index contributed by atoms with van der Waals surface area (Å²) in [7, 11) is 1.94. The molecule has 9 nitrogen and oxygen atoms in total. The van der Waals surface area contributed by atoms with Crippen molar-refractivity contribution in [3.63, 3.8) is 0 Å². The smallest absolute Gasteiger partial charge is 0.223 e. The Morgan fingerprint density at radius 1 is 1.20 bits per heavy atom. The zero-order chi connectivity index (χ0) is 20.5. The fourth-order valence-electron chi connectivity index (χ4n) is 4.55. The molecule has 154 valence electrons. The number of nitrogens with one attached hydrogen (secondary N) is 1. The van der Waals surface area contributed by atoms with Crippen LogP contribution in [0, 0.1) is 17.8 Å². The van der Waals surface area contributed by atoms with Gasteiger partial charge in [-0.15, -0.1) is 10.2 Å². The summed E-state index contributed by atoms with van der Waals surface area (Å²) in [5, 5.41) is 11.8.